The average molecular weight is 359 g/mol. The van der Waals surface area contributed by atoms with Gasteiger partial charge in [0.15, 0.2) is 0 Å². The minimum atomic E-state index is -0.500. The second kappa shape index (κ2) is 9.20. The second-order valence-electron chi connectivity index (χ2n) is 6.32. The maximum atomic E-state index is 12.1. The summed E-state index contributed by atoms with van der Waals surface area (Å²) in [6, 6.07) is 3.89. The third-order valence-electron chi connectivity index (χ3n) is 4.53. The molecule has 2 rings (SSSR count). The van der Waals surface area contributed by atoms with Crippen LogP contribution in [0.15, 0.2) is 11.6 Å². The minimum Gasteiger partial charge on any atom is -0.469 e. The summed E-state index contributed by atoms with van der Waals surface area (Å²) in [5.74, 6) is -0.911. The van der Waals surface area contributed by atoms with Crippen LogP contribution in [0.5, 0.6) is 0 Å². The van der Waals surface area contributed by atoms with Crippen molar-refractivity contribution in [2.24, 2.45) is 0 Å². The highest BCUT2D eigenvalue weighted by Gasteiger charge is 2.19. The Balaban J connectivity index is 2.09. The molecule has 1 aromatic rings. The third kappa shape index (κ3) is 4.96. The molecule has 26 heavy (non-hydrogen) atoms. The number of amides is 1. The van der Waals surface area contributed by atoms with Crippen molar-refractivity contribution in [1.29, 1.82) is 5.26 Å². The van der Waals surface area contributed by atoms with Gasteiger partial charge in [-0.15, -0.1) is 0 Å². The van der Waals surface area contributed by atoms with Crippen LogP contribution in [0.1, 0.15) is 36.2 Å². The number of hydrogen-bond donors (Lipinski definition) is 1. The van der Waals surface area contributed by atoms with Crippen LogP contribution in [0.25, 0.3) is 6.08 Å². The fourth-order valence-corrected chi connectivity index (χ4v) is 3.03. The molecule has 0 spiro atoms. The minimum absolute atomic E-state index is 0.00670. The van der Waals surface area contributed by atoms with E-state index in [9.17, 15) is 14.9 Å². The summed E-state index contributed by atoms with van der Waals surface area (Å²) in [7, 11) is 1.29. The lowest BCUT2D eigenvalue weighted by Crippen LogP contribution is -2.27. The molecule has 0 aromatic carbocycles. The number of carbonyl (C=O) groups is 2. The van der Waals surface area contributed by atoms with Gasteiger partial charge >= 0.3 is 5.97 Å². The number of ether oxygens (including phenoxy) is 2. The zero-order chi connectivity index (χ0) is 19.1. The van der Waals surface area contributed by atoms with Gasteiger partial charge in [-0.25, -0.2) is 0 Å². The van der Waals surface area contributed by atoms with Crippen molar-refractivity contribution in [2.45, 2.75) is 45.8 Å². The van der Waals surface area contributed by atoms with Crippen molar-refractivity contribution in [1.82, 2.24) is 9.88 Å². The summed E-state index contributed by atoms with van der Waals surface area (Å²) in [4.78, 5) is 23.2. The molecule has 1 aliphatic rings. The zero-order valence-corrected chi connectivity index (χ0v) is 15.5. The summed E-state index contributed by atoms with van der Waals surface area (Å²) < 4.78 is 12.4. The zero-order valence-electron chi connectivity index (χ0n) is 15.5. The predicted molar refractivity (Wildman–Crippen MR) is 96.1 cm³/mol. The molecule has 0 aliphatic carbocycles. The van der Waals surface area contributed by atoms with E-state index >= 15 is 0 Å². The number of nitriles is 1. The van der Waals surface area contributed by atoms with Crippen molar-refractivity contribution in [3.63, 3.8) is 0 Å². The van der Waals surface area contributed by atoms with Crippen molar-refractivity contribution < 1.29 is 19.1 Å². The maximum absolute atomic E-state index is 12.1. The topological polar surface area (TPSA) is 93.4 Å². The molecule has 1 amide bonds. The highest BCUT2D eigenvalue weighted by atomic mass is 16.5. The lowest BCUT2D eigenvalue weighted by Gasteiger charge is -2.14. The van der Waals surface area contributed by atoms with Gasteiger partial charge < -0.3 is 19.4 Å². The highest BCUT2D eigenvalue weighted by molar-refractivity contribution is 6.01. The van der Waals surface area contributed by atoms with Gasteiger partial charge in [-0.05, 0) is 44.4 Å². The summed E-state index contributed by atoms with van der Waals surface area (Å²) in [6.07, 6.45) is 4.00. The smallest absolute Gasteiger partial charge is 0.307 e. The molecule has 140 valence electrons. The number of aryl methyl sites for hydroxylation is 1. The van der Waals surface area contributed by atoms with E-state index in [0.29, 0.717) is 0 Å². The molecule has 0 radical (unpaired) electrons. The number of methoxy groups -OCH3 is 1. The molecule has 2 heterocycles. The Kier molecular flexibility index (Phi) is 6.98. The first-order valence-electron chi connectivity index (χ1n) is 8.71. The Hall–Kier alpha value is -2.59. The molecule has 1 N–H and O–H groups in total. The van der Waals surface area contributed by atoms with Gasteiger partial charge in [0.1, 0.15) is 11.6 Å². The molecular formula is C19H25N3O4. The Labute approximate surface area is 153 Å². The first-order valence-corrected chi connectivity index (χ1v) is 8.71. The largest absolute Gasteiger partial charge is 0.469 e. The summed E-state index contributed by atoms with van der Waals surface area (Å²) >= 11 is 0. The standard InChI is InChI=1S/C19H25N3O4/c1-13-9-15(14(2)22(13)12-17-5-4-8-26-17)10-16(11-20)19(24)21-7-6-18(23)25-3/h9-10,17H,4-8,12H2,1-3H3,(H,21,24)/b16-10+. The normalized spacial score (nSPS) is 17.0. The molecule has 7 nitrogen and oxygen atoms in total. The van der Waals surface area contributed by atoms with Crippen molar-refractivity contribution in [3.05, 3.63) is 28.6 Å². The summed E-state index contributed by atoms with van der Waals surface area (Å²) in [6.45, 7) is 5.68. The van der Waals surface area contributed by atoms with Gasteiger partial charge in [-0.1, -0.05) is 0 Å². The fourth-order valence-electron chi connectivity index (χ4n) is 3.03. The summed E-state index contributed by atoms with van der Waals surface area (Å²) in [5.41, 5.74) is 2.90. The van der Waals surface area contributed by atoms with E-state index in [-0.39, 0.29) is 24.6 Å². The molecule has 1 saturated heterocycles. The molecule has 0 saturated carbocycles. The Bertz CT molecular complexity index is 737. The van der Waals surface area contributed by atoms with Gasteiger partial charge in [0, 0.05) is 31.1 Å². The van der Waals surface area contributed by atoms with E-state index in [2.05, 4.69) is 14.6 Å². The molecule has 1 unspecified atom stereocenters. The number of carbonyl (C=O) groups excluding carboxylic acids is 2. The first kappa shape index (κ1) is 19.7. The highest BCUT2D eigenvalue weighted by Crippen LogP contribution is 2.22. The van der Waals surface area contributed by atoms with E-state index < -0.39 is 11.9 Å². The molecule has 1 atom stereocenters. The SMILES string of the molecule is COC(=O)CCNC(=O)/C(C#N)=C/c1cc(C)n(CC2CCCO2)c1C. The van der Waals surface area contributed by atoms with Crippen LogP contribution in [0.2, 0.25) is 0 Å². The number of aromatic nitrogens is 1. The van der Waals surface area contributed by atoms with Gasteiger partial charge in [-0.2, -0.15) is 5.26 Å². The van der Waals surface area contributed by atoms with E-state index in [1.807, 2.05) is 26.0 Å². The van der Waals surface area contributed by atoms with Crippen LogP contribution in [-0.2, 0) is 25.6 Å². The molecule has 0 bridgehead atoms. The maximum Gasteiger partial charge on any atom is 0.307 e. The van der Waals surface area contributed by atoms with Gasteiger partial charge in [-0.3, -0.25) is 9.59 Å². The Morgan fingerprint density at radius 3 is 2.88 bits per heavy atom. The predicted octanol–water partition coefficient (Wildman–Crippen LogP) is 1.87. The van der Waals surface area contributed by atoms with E-state index in [1.165, 1.54) is 7.11 Å². The van der Waals surface area contributed by atoms with Crippen molar-refractivity contribution in [2.75, 3.05) is 20.3 Å². The van der Waals surface area contributed by atoms with E-state index in [0.717, 1.165) is 42.9 Å². The van der Waals surface area contributed by atoms with Crippen LogP contribution in [0.3, 0.4) is 0 Å². The van der Waals surface area contributed by atoms with Gasteiger partial charge in [0.25, 0.3) is 5.91 Å². The van der Waals surface area contributed by atoms with Crippen LogP contribution in [0, 0.1) is 25.2 Å². The van der Waals surface area contributed by atoms with Crippen molar-refractivity contribution >= 4 is 18.0 Å². The van der Waals surface area contributed by atoms with Gasteiger partial charge in [0.2, 0.25) is 0 Å². The quantitative estimate of drug-likeness (QED) is 0.456. The molecule has 1 aliphatic heterocycles. The van der Waals surface area contributed by atoms with Gasteiger partial charge in [0.05, 0.1) is 19.6 Å². The fraction of sp³-hybridized carbons (Fsp3) is 0.526. The number of nitrogens with one attached hydrogen (secondary N) is 1. The first-order chi connectivity index (χ1) is 12.5. The number of rotatable bonds is 7. The molecular weight excluding hydrogens is 334 g/mol. The number of esters is 1. The van der Waals surface area contributed by atoms with E-state index in [4.69, 9.17) is 4.74 Å². The third-order valence-corrected chi connectivity index (χ3v) is 4.53. The molecule has 1 aromatic heterocycles. The number of nitrogens with zero attached hydrogens (tertiary/aromatic N) is 2. The Morgan fingerprint density at radius 2 is 2.27 bits per heavy atom. The van der Waals surface area contributed by atoms with E-state index in [1.54, 1.807) is 6.08 Å². The summed E-state index contributed by atoms with van der Waals surface area (Å²) in [5, 5.41) is 11.9. The van der Waals surface area contributed by atoms with Crippen LogP contribution >= 0.6 is 0 Å². The van der Waals surface area contributed by atoms with Crippen LogP contribution < -0.4 is 5.32 Å². The lowest BCUT2D eigenvalue weighted by molar-refractivity contribution is -0.140. The lowest BCUT2D eigenvalue weighted by atomic mass is 10.1. The Morgan fingerprint density at radius 1 is 1.50 bits per heavy atom. The monoisotopic (exact) mass is 359 g/mol. The van der Waals surface area contributed by atoms with Crippen LogP contribution in [-0.4, -0.2) is 42.8 Å². The number of hydrogen-bond acceptors (Lipinski definition) is 5. The van der Waals surface area contributed by atoms with Crippen molar-refractivity contribution in [3.8, 4) is 6.07 Å². The second-order valence-corrected chi connectivity index (χ2v) is 6.32. The molecule has 7 heteroatoms. The molecule has 1 fully saturated rings. The van der Waals surface area contributed by atoms with Crippen LogP contribution in [0.4, 0.5) is 0 Å². The average Bonchev–Trinajstić information content (AvgIpc) is 3.23.